The highest BCUT2D eigenvalue weighted by atomic mass is 16.1. The molecule has 0 radical (unpaired) electrons. The first kappa shape index (κ1) is 21.2. The molecule has 0 spiro atoms. The lowest BCUT2D eigenvalue weighted by Crippen LogP contribution is -2.13. The van der Waals surface area contributed by atoms with Gasteiger partial charge in [0.25, 0.3) is 0 Å². The number of nitrogens with one attached hydrogen (secondary N) is 1. The molecule has 4 rings (SSSR count). The number of carbonyl (C=O) groups excluding carboxylic acids is 1. The Labute approximate surface area is 187 Å². The molecule has 2 aromatic heterocycles. The van der Waals surface area contributed by atoms with Crippen LogP contribution in [0.5, 0.6) is 0 Å². The average Bonchev–Trinajstić information content (AvgIpc) is 3.27. The van der Waals surface area contributed by atoms with Crippen LogP contribution in [0.1, 0.15) is 23.2 Å². The first-order valence-corrected chi connectivity index (χ1v) is 10.6. The normalized spacial score (nSPS) is 10.8. The second-order valence-electron chi connectivity index (χ2n) is 7.80. The summed E-state index contributed by atoms with van der Waals surface area (Å²) < 4.78 is 1.82. The second kappa shape index (κ2) is 9.87. The Balaban J connectivity index is 1.30. The van der Waals surface area contributed by atoms with Crippen molar-refractivity contribution in [2.45, 2.75) is 32.7 Å². The molecule has 1 amide bonds. The van der Waals surface area contributed by atoms with Gasteiger partial charge in [-0.2, -0.15) is 0 Å². The van der Waals surface area contributed by atoms with Crippen molar-refractivity contribution in [2.24, 2.45) is 0 Å². The minimum atomic E-state index is -0.116. The van der Waals surface area contributed by atoms with Crippen LogP contribution in [-0.2, 0) is 24.2 Å². The Morgan fingerprint density at radius 3 is 2.69 bits per heavy atom. The first-order chi connectivity index (χ1) is 15.6. The molecule has 0 aliphatic rings. The Morgan fingerprint density at radius 2 is 1.91 bits per heavy atom. The highest BCUT2D eigenvalue weighted by Crippen LogP contribution is 2.27. The average molecular weight is 427 g/mol. The fraction of sp³-hybridized carbons (Fsp3) is 0.200. The van der Waals surface area contributed by atoms with Crippen molar-refractivity contribution in [3.8, 4) is 11.1 Å². The van der Waals surface area contributed by atoms with E-state index in [1.807, 2.05) is 35.1 Å². The SMILES string of the molecule is Cc1ccc(CCn2cc(CCC(=O)Nc3cc(-c4cccnc4)ccc3N)nn2)cc1. The predicted molar refractivity (Wildman–Crippen MR) is 126 cm³/mol. The number of benzene rings is 2. The predicted octanol–water partition coefficient (Wildman–Crippen LogP) is 4.04. The van der Waals surface area contributed by atoms with Crippen LogP contribution >= 0.6 is 0 Å². The van der Waals surface area contributed by atoms with Crippen molar-refractivity contribution in [1.29, 1.82) is 0 Å². The lowest BCUT2D eigenvalue weighted by Gasteiger charge is -2.10. The number of nitrogen functional groups attached to an aromatic ring is 1. The van der Waals surface area contributed by atoms with Gasteiger partial charge in [-0.15, -0.1) is 5.10 Å². The minimum Gasteiger partial charge on any atom is -0.397 e. The maximum atomic E-state index is 12.5. The Kier molecular flexibility index (Phi) is 6.55. The van der Waals surface area contributed by atoms with Crippen LogP contribution in [-0.4, -0.2) is 25.9 Å². The quantitative estimate of drug-likeness (QED) is 0.414. The van der Waals surface area contributed by atoms with Crippen molar-refractivity contribution in [1.82, 2.24) is 20.0 Å². The smallest absolute Gasteiger partial charge is 0.224 e. The lowest BCUT2D eigenvalue weighted by molar-refractivity contribution is -0.116. The van der Waals surface area contributed by atoms with Crippen LogP contribution in [0.15, 0.2) is 73.2 Å². The fourth-order valence-electron chi connectivity index (χ4n) is 3.39. The van der Waals surface area contributed by atoms with Crippen LogP contribution < -0.4 is 11.1 Å². The fourth-order valence-corrected chi connectivity index (χ4v) is 3.39. The molecule has 2 heterocycles. The van der Waals surface area contributed by atoms with Crippen LogP contribution in [0.2, 0.25) is 0 Å². The molecule has 0 bridgehead atoms. The summed E-state index contributed by atoms with van der Waals surface area (Å²) in [5.74, 6) is -0.116. The summed E-state index contributed by atoms with van der Waals surface area (Å²) >= 11 is 0. The summed E-state index contributed by atoms with van der Waals surface area (Å²) in [6.45, 7) is 2.83. The van der Waals surface area contributed by atoms with Crippen LogP contribution in [0.4, 0.5) is 11.4 Å². The molecule has 3 N–H and O–H groups in total. The molecule has 162 valence electrons. The van der Waals surface area contributed by atoms with E-state index in [0.717, 1.165) is 29.8 Å². The molecule has 4 aromatic rings. The molecule has 0 saturated heterocycles. The van der Waals surface area contributed by atoms with E-state index in [-0.39, 0.29) is 5.91 Å². The van der Waals surface area contributed by atoms with Crippen molar-refractivity contribution in [3.63, 3.8) is 0 Å². The third kappa shape index (κ3) is 5.57. The molecule has 32 heavy (non-hydrogen) atoms. The molecule has 0 aliphatic heterocycles. The summed E-state index contributed by atoms with van der Waals surface area (Å²) in [6, 6.07) is 17.9. The zero-order valence-corrected chi connectivity index (χ0v) is 18.0. The number of amides is 1. The highest BCUT2D eigenvalue weighted by molar-refractivity contribution is 5.95. The molecule has 0 fully saturated rings. The molecular formula is C25H26N6O. The maximum absolute atomic E-state index is 12.5. The molecular weight excluding hydrogens is 400 g/mol. The number of aryl methyl sites for hydroxylation is 4. The zero-order chi connectivity index (χ0) is 22.3. The monoisotopic (exact) mass is 426 g/mol. The van der Waals surface area contributed by atoms with Crippen molar-refractivity contribution >= 4 is 17.3 Å². The van der Waals surface area contributed by atoms with E-state index >= 15 is 0 Å². The summed E-state index contributed by atoms with van der Waals surface area (Å²) in [6.07, 6.45) is 7.10. The molecule has 0 aliphatic carbocycles. The van der Waals surface area contributed by atoms with Gasteiger partial charge in [-0.25, -0.2) is 0 Å². The van der Waals surface area contributed by atoms with Gasteiger partial charge >= 0.3 is 0 Å². The van der Waals surface area contributed by atoms with Crippen LogP contribution in [0, 0.1) is 6.92 Å². The summed E-state index contributed by atoms with van der Waals surface area (Å²) in [4.78, 5) is 16.6. The van der Waals surface area contributed by atoms with Crippen molar-refractivity contribution < 1.29 is 4.79 Å². The zero-order valence-electron chi connectivity index (χ0n) is 18.0. The largest absolute Gasteiger partial charge is 0.397 e. The number of nitrogens with two attached hydrogens (primary N) is 1. The van der Waals surface area contributed by atoms with Gasteiger partial charge in [-0.3, -0.25) is 14.5 Å². The van der Waals surface area contributed by atoms with Gasteiger partial charge in [0, 0.05) is 43.5 Å². The number of rotatable bonds is 8. The molecule has 7 heteroatoms. The van der Waals surface area contributed by atoms with E-state index in [1.54, 1.807) is 18.5 Å². The van der Waals surface area contributed by atoms with E-state index in [9.17, 15) is 4.79 Å². The number of carbonyl (C=O) groups is 1. The molecule has 0 unspecified atom stereocenters. The molecule has 0 atom stereocenters. The number of aromatic nitrogens is 4. The summed E-state index contributed by atoms with van der Waals surface area (Å²) in [7, 11) is 0. The van der Waals surface area contributed by atoms with E-state index in [0.29, 0.717) is 24.2 Å². The van der Waals surface area contributed by atoms with Gasteiger partial charge in [0.05, 0.1) is 17.1 Å². The number of nitrogens with zero attached hydrogens (tertiary/aromatic N) is 4. The number of pyridine rings is 1. The minimum absolute atomic E-state index is 0.116. The Morgan fingerprint density at radius 1 is 1.06 bits per heavy atom. The van der Waals surface area contributed by atoms with Gasteiger partial charge in [0.15, 0.2) is 0 Å². The van der Waals surface area contributed by atoms with E-state index < -0.39 is 0 Å². The summed E-state index contributed by atoms with van der Waals surface area (Å²) in [5.41, 5.74) is 12.4. The Bertz CT molecular complexity index is 1180. The summed E-state index contributed by atoms with van der Waals surface area (Å²) in [5, 5.41) is 11.3. The third-order valence-corrected chi connectivity index (χ3v) is 5.27. The van der Waals surface area contributed by atoms with E-state index in [2.05, 4.69) is 51.8 Å². The standard InChI is InChI=1S/C25H26N6O/c1-18-4-6-19(7-5-18)12-14-31-17-22(29-30-31)9-11-25(32)28-24-15-20(8-10-23(24)26)21-3-2-13-27-16-21/h2-8,10,13,15-17H,9,11-12,14,26H2,1H3,(H,28,32). The molecule has 7 nitrogen and oxygen atoms in total. The van der Waals surface area contributed by atoms with Gasteiger partial charge in [0.1, 0.15) is 0 Å². The third-order valence-electron chi connectivity index (χ3n) is 5.27. The van der Waals surface area contributed by atoms with Crippen LogP contribution in [0.25, 0.3) is 11.1 Å². The molecule has 2 aromatic carbocycles. The lowest BCUT2D eigenvalue weighted by atomic mass is 10.1. The van der Waals surface area contributed by atoms with Gasteiger partial charge < -0.3 is 11.1 Å². The van der Waals surface area contributed by atoms with E-state index in [4.69, 9.17) is 5.73 Å². The first-order valence-electron chi connectivity index (χ1n) is 10.6. The highest BCUT2D eigenvalue weighted by Gasteiger charge is 2.10. The maximum Gasteiger partial charge on any atom is 0.224 e. The van der Waals surface area contributed by atoms with Crippen LogP contribution in [0.3, 0.4) is 0 Å². The van der Waals surface area contributed by atoms with Crippen molar-refractivity contribution in [3.05, 3.63) is 90.0 Å². The Hall–Kier alpha value is -4.00. The second-order valence-corrected chi connectivity index (χ2v) is 7.80. The van der Waals surface area contributed by atoms with Crippen molar-refractivity contribution in [2.75, 3.05) is 11.1 Å². The number of hydrogen-bond acceptors (Lipinski definition) is 5. The van der Waals surface area contributed by atoms with Gasteiger partial charge in [-0.1, -0.05) is 47.2 Å². The number of anilines is 2. The molecule has 0 saturated carbocycles. The number of hydrogen-bond donors (Lipinski definition) is 2. The topological polar surface area (TPSA) is 98.7 Å². The van der Waals surface area contributed by atoms with E-state index in [1.165, 1.54) is 11.1 Å². The van der Waals surface area contributed by atoms with Gasteiger partial charge in [0.2, 0.25) is 5.91 Å². The van der Waals surface area contributed by atoms with Gasteiger partial charge in [-0.05, 0) is 42.7 Å².